The van der Waals surface area contributed by atoms with E-state index < -0.39 is 5.91 Å². The van der Waals surface area contributed by atoms with Gasteiger partial charge in [-0.05, 0) is 19.1 Å². The molecule has 6 nitrogen and oxygen atoms in total. The van der Waals surface area contributed by atoms with E-state index in [2.05, 4.69) is 15.3 Å². The van der Waals surface area contributed by atoms with E-state index in [1.54, 1.807) is 19.1 Å². The predicted molar refractivity (Wildman–Crippen MR) is 68.4 cm³/mol. The topological polar surface area (TPSA) is 101 Å². The number of aromatic nitrogens is 2. The molecule has 0 fully saturated rings. The smallest absolute Gasteiger partial charge is 0.262 e. The van der Waals surface area contributed by atoms with E-state index in [1.807, 2.05) is 0 Å². The summed E-state index contributed by atoms with van der Waals surface area (Å²) in [6.45, 7) is 1.74. The fourth-order valence-corrected chi connectivity index (χ4v) is 1.45. The molecule has 0 aliphatic rings. The molecule has 92 valence electrons. The number of aromatic amines is 1. The van der Waals surface area contributed by atoms with Gasteiger partial charge in [0.25, 0.3) is 5.91 Å². The molecule has 0 bridgehead atoms. The summed E-state index contributed by atoms with van der Waals surface area (Å²) < 4.78 is 0. The zero-order chi connectivity index (χ0) is 13.1. The molecule has 0 unspecified atom stereocenters. The lowest BCUT2D eigenvalue weighted by Gasteiger charge is -2.06. The Morgan fingerprint density at radius 1 is 1.50 bits per heavy atom. The minimum atomic E-state index is -0.540. The normalized spacial score (nSPS) is 10.1. The van der Waals surface area contributed by atoms with Gasteiger partial charge in [0.15, 0.2) is 11.2 Å². The zero-order valence-corrected chi connectivity index (χ0v) is 9.73. The van der Waals surface area contributed by atoms with Crippen molar-refractivity contribution in [1.29, 1.82) is 0 Å². The van der Waals surface area contributed by atoms with Crippen LogP contribution in [-0.2, 0) is 0 Å². The SMILES string of the molecule is Cc1cc(=O)c(C(=O)Nc2ncccc2N)c[nH]1. The van der Waals surface area contributed by atoms with E-state index in [9.17, 15) is 9.59 Å². The third kappa shape index (κ3) is 2.37. The lowest BCUT2D eigenvalue weighted by atomic mass is 10.2. The number of nitrogens with zero attached hydrogens (tertiary/aromatic N) is 1. The molecule has 2 aromatic rings. The predicted octanol–water partition coefficient (Wildman–Crippen LogP) is 0.913. The van der Waals surface area contributed by atoms with Crippen LogP contribution in [0.2, 0.25) is 0 Å². The van der Waals surface area contributed by atoms with Gasteiger partial charge in [-0.15, -0.1) is 0 Å². The van der Waals surface area contributed by atoms with Crippen molar-refractivity contribution < 1.29 is 4.79 Å². The Morgan fingerprint density at radius 3 is 2.94 bits per heavy atom. The summed E-state index contributed by atoms with van der Waals surface area (Å²) in [5, 5.41) is 2.49. The molecule has 0 radical (unpaired) electrons. The Morgan fingerprint density at radius 2 is 2.28 bits per heavy atom. The van der Waals surface area contributed by atoms with Crippen molar-refractivity contribution in [2.45, 2.75) is 6.92 Å². The van der Waals surface area contributed by atoms with Gasteiger partial charge in [0, 0.05) is 24.2 Å². The van der Waals surface area contributed by atoms with Crippen LogP contribution >= 0.6 is 0 Å². The van der Waals surface area contributed by atoms with Crippen molar-refractivity contribution in [3.05, 3.63) is 52.1 Å². The maximum absolute atomic E-state index is 11.9. The van der Waals surface area contributed by atoms with Gasteiger partial charge < -0.3 is 16.0 Å². The van der Waals surface area contributed by atoms with Crippen LogP contribution in [0, 0.1) is 6.92 Å². The average Bonchev–Trinajstić information content (AvgIpc) is 2.32. The Bertz CT molecular complexity index is 649. The van der Waals surface area contributed by atoms with Gasteiger partial charge in [0.2, 0.25) is 0 Å². The van der Waals surface area contributed by atoms with Crippen LogP contribution in [-0.4, -0.2) is 15.9 Å². The average molecular weight is 244 g/mol. The second-order valence-electron chi connectivity index (χ2n) is 3.79. The summed E-state index contributed by atoms with van der Waals surface area (Å²) in [7, 11) is 0. The molecule has 18 heavy (non-hydrogen) atoms. The number of nitrogens with one attached hydrogen (secondary N) is 2. The first-order chi connectivity index (χ1) is 8.58. The van der Waals surface area contributed by atoms with Gasteiger partial charge in [-0.25, -0.2) is 4.98 Å². The third-order valence-corrected chi connectivity index (χ3v) is 2.37. The molecule has 0 atom stereocenters. The number of hydrogen-bond donors (Lipinski definition) is 3. The van der Waals surface area contributed by atoms with Crippen LogP contribution in [0.5, 0.6) is 0 Å². The molecule has 2 aromatic heterocycles. The van der Waals surface area contributed by atoms with E-state index in [-0.39, 0.29) is 16.8 Å². The molecule has 0 aromatic carbocycles. The van der Waals surface area contributed by atoms with Gasteiger partial charge in [0.05, 0.1) is 5.69 Å². The Labute approximate surface area is 103 Å². The number of rotatable bonds is 2. The van der Waals surface area contributed by atoms with E-state index in [0.29, 0.717) is 11.4 Å². The molecular weight excluding hydrogens is 232 g/mol. The zero-order valence-electron chi connectivity index (χ0n) is 9.73. The Hall–Kier alpha value is -2.63. The largest absolute Gasteiger partial charge is 0.396 e. The van der Waals surface area contributed by atoms with Gasteiger partial charge in [-0.1, -0.05) is 0 Å². The number of hydrogen-bond acceptors (Lipinski definition) is 4. The van der Waals surface area contributed by atoms with Gasteiger partial charge in [0.1, 0.15) is 5.56 Å². The number of amides is 1. The molecule has 0 spiro atoms. The van der Waals surface area contributed by atoms with Crippen molar-refractivity contribution in [1.82, 2.24) is 9.97 Å². The van der Waals surface area contributed by atoms with Crippen LogP contribution in [0.15, 0.2) is 35.4 Å². The van der Waals surface area contributed by atoms with E-state index in [4.69, 9.17) is 5.73 Å². The van der Waals surface area contributed by atoms with Gasteiger partial charge in [-0.2, -0.15) is 0 Å². The van der Waals surface area contributed by atoms with Crippen LogP contribution in [0.4, 0.5) is 11.5 Å². The first-order valence-electron chi connectivity index (χ1n) is 5.29. The molecular formula is C12H12N4O2. The van der Waals surface area contributed by atoms with Gasteiger partial charge >= 0.3 is 0 Å². The third-order valence-electron chi connectivity index (χ3n) is 2.37. The molecule has 4 N–H and O–H groups in total. The lowest BCUT2D eigenvalue weighted by molar-refractivity contribution is 0.102. The molecule has 1 amide bonds. The summed E-state index contributed by atoms with van der Waals surface area (Å²) in [6, 6.07) is 4.63. The molecule has 0 saturated heterocycles. The molecule has 6 heteroatoms. The number of aryl methyl sites for hydroxylation is 1. The highest BCUT2D eigenvalue weighted by Gasteiger charge is 2.12. The first-order valence-corrected chi connectivity index (χ1v) is 5.29. The summed E-state index contributed by atoms with van der Waals surface area (Å²) in [4.78, 5) is 30.2. The van der Waals surface area contributed by atoms with Crippen molar-refractivity contribution in [2.75, 3.05) is 11.1 Å². The standard InChI is InChI=1S/C12H12N4O2/c1-7-5-10(17)8(6-15-7)12(18)16-11-9(13)3-2-4-14-11/h2-6H,13H2,1H3,(H,15,17)(H,14,16,18). The molecule has 0 aliphatic carbocycles. The molecule has 0 aliphatic heterocycles. The van der Waals surface area contributed by atoms with Crippen LogP contribution in [0.3, 0.4) is 0 Å². The quantitative estimate of drug-likeness (QED) is 0.730. The van der Waals surface area contributed by atoms with Crippen LogP contribution < -0.4 is 16.5 Å². The van der Waals surface area contributed by atoms with Crippen molar-refractivity contribution in [3.63, 3.8) is 0 Å². The highest BCUT2D eigenvalue weighted by Crippen LogP contribution is 2.13. The molecule has 0 saturated carbocycles. The summed E-state index contributed by atoms with van der Waals surface area (Å²) >= 11 is 0. The number of carbonyl (C=O) groups excluding carboxylic acids is 1. The van der Waals surface area contributed by atoms with Crippen LogP contribution in [0.25, 0.3) is 0 Å². The minimum Gasteiger partial charge on any atom is -0.396 e. The van der Waals surface area contributed by atoms with Crippen LogP contribution in [0.1, 0.15) is 16.1 Å². The number of H-pyrrole nitrogens is 1. The highest BCUT2D eigenvalue weighted by atomic mass is 16.2. The summed E-state index contributed by atoms with van der Waals surface area (Å²) in [5.41, 5.74) is 6.35. The van der Waals surface area contributed by atoms with Crippen molar-refractivity contribution >= 4 is 17.4 Å². The molecule has 2 rings (SSSR count). The monoisotopic (exact) mass is 244 g/mol. The van der Waals surface area contributed by atoms with Gasteiger partial charge in [-0.3, -0.25) is 9.59 Å². The lowest BCUT2D eigenvalue weighted by Crippen LogP contribution is -2.22. The fraction of sp³-hybridized carbons (Fsp3) is 0.0833. The minimum absolute atomic E-state index is 0.0191. The van der Waals surface area contributed by atoms with E-state index >= 15 is 0 Å². The van der Waals surface area contributed by atoms with E-state index in [1.165, 1.54) is 18.5 Å². The summed E-state index contributed by atoms with van der Waals surface area (Å²) in [6.07, 6.45) is 2.87. The second kappa shape index (κ2) is 4.70. The summed E-state index contributed by atoms with van der Waals surface area (Å²) in [5.74, 6) is -0.302. The number of pyridine rings is 2. The Kier molecular flexibility index (Phi) is 3.09. The number of nitrogens with two attached hydrogens (primary N) is 1. The first kappa shape index (κ1) is 11.8. The number of nitrogen functional groups attached to an aromatic ring is 1. The fourth-order valence-electron chi connectivity index (χ4n) is 1.45. The number of carbonyl (C=O) groups is 1. The van der Waals surface area contributed by atoms with Crippen molar-refractivity contribution in [2.24, 2.45) is 0 Å². The van der Waals surface area contributed by atoms with Crippen molar-refractivity contribution in [3.8, 4) is 0 Å². The maximum atomic E-state index is 11.9. The van der Waals surface area contributed by atoms with E-state index in [0.717, 1.165) is 0 Å². The second-order valence-corrected chi connectivity index (χ2v) is 3.79. The Balaban J connectivity index is 2.28. The maximum Gasteiger partial charge on any atom is 0.262 e. The highest BCUT2D eigenvalue weighted by molar-refractivity contribution is 6.04. The molecule has 2 heterocycles. The number of anilines is 2.